The smallest absolute Gasteiger partial charge is 0.241 e. The Morgan fingerprint density at radius 3 is 2.65 bits per heavy atom. The molecule has 0 saturated heterocycles. The number of halogens is 1. The van der Waals surface area contributed by atoms with Crippen LogP contribution in [0.1, 0.15) is 36.8 Å². The van der Waals surface area contributed by atoms with Gasteiger partial charge in [-0.3, -0.25) is 0 Å². The minimum absolute atomic E-state index is 0.284. The number of aryl methyl sites for hydroxylation is 1. The molecule has 0 spiro atoms. The average molecular weight is 361 g/mol. The fourth-order valence-electron chi connectivity index (χ4n) is 2.38. The molecule has 4 nitrogen and oxygen atoms in total. The van der Waals surface area contributed by atoms with Crippen molar-refractivity contribution in [3.63, 3.8) is 0 Å². The predicted molar refractivity (Wildman–Crippen MR) is 83.9 cm³/mol. The van der Waals surface area contributed by atoms with Crippen LogP contribution in [-0.2, 0) is 16.6 Å². The van der Waals surface area contributed by atoms with E-state index < -0.39 is 10.0 Å². The number of hydrogen-bond donors (Lipinski definition) is 2. The molecule has 0 radical (unpaired) electrons. The maximum atomic E-state index is 12.4. The summed E-state index contributed by atoms with van der Waals surface area (Å²) in [7, 11) is -3.48. The highest BCUT2D eigenvalue weighted by molar-refractivity contribution is 9.10. The zero-order chi connectivity index (χ0) is 14.8. The van der Waals surface area contributed by atoms with E-state index in [1.54, 1.807) is 6.07 Å². The Bertz CT molecular complexity index is 583. The van der Waals surface area contributed by atoms with Gasteiger partial charge in [-0.25, -0.2) is 13.1 Å². The van der Waals surface area contributed by atoms with Gasteiger partial charge in [0.2, 0.25) is 10.0 Å². The molecule has 1 aliphatic rings. The van der Waals surface area contributed by atoms with E-state index in [0.717, 1.165) is 17.5 Å². The van der Waals surface area contributed by atoms with Gasteiger partial charge >= 0.3 is 0 Å². The Labute approximate surface area is 129 Å². The second kappa shape index (κ2) is 6.56. The Kier molecular flexibility index (Phi) is 5.23. The van der Waals surface area contributed by atoms with Crippen molar-refractivity contribution >= 4 is 26.0 Å². The van der Waals surface area contributed by atoms with Gasteiger partial charge in [-0.1, -0.05) is 25.3 Å². The zero-order valence-corrected chi connectivity index (χ0v) is 14.1. The first-order valence-electron chi connectivity index (χ1n) is 6.93. The lowest BCUT2D eigenvalue weighted by Gasteiger charge is -2.25. The Morgan fingerprint density at radius 2 is 2.10 bits per heavy atom. The van der Waals surface area contributed by atoms with Gasteiger partial charge in [-0.05, 0) is 52.4 Å². The summed E-state index contributed by atoms with van der Waals surface area (Å²) < 4.78 is 28.1. The lowest BCUT2D eigenvalue weighted by atomic mass is 9.83. The summed E-state index contributed by atoms with van der Waals surface area (Å²) in [6.07, 6.45) is 4.66. The van der Waals surface area contributed by atoms with Gasteiger partial charge in [-0.15, -0.1) is 0 Å². The third-order valence-electron chi connectivity index (χ3n) is 3.88. The first kappa shape index (κ1) is 15.9. The van der Waals surface area contributed by atoms with E-state index in [2.05, 4.69) is 20.7 Å². The van der Waals surface area contributed by atoms with Gasteiger partial charge in [-0.2, -0.15) is 0 Å². The van der Waals surface area contributed by atoms with Gasteiger partial charge < -0.3 is 5.73 Å². The summed E-state index contributed by atoms with van der Waals surface area (Å²) in [6, 6.07) is 3.54. The first-order valence-corrected chi connectivity index (χ1v) is 9.20. The number of rotatable bonds is 6. The summed E-state index contributed by atoms with van der Waals surface area (Å²) in [6.45, 7) is 2.71. The van der Waals surface area contributed by atoms with Gasteiger partial charge in [0.25, 0.3) is 0 Å². The second-order valence-corrected chi connectivity index (χ2v) is 7.94. The molecule has 1 aliphatic carbocycles. The fourth-order valence-corrected chi connectivity index (χ4v) is 4.49. The molecular formula is C14H21BrN2O2S. The van der Waals surface area contributed by atoms with Crippen molar-refractivity contribution in [3.05, 3.63) is 27.7 Å². The molecular weight excluding hydrogens is 340 g/mol. The van der Waals surface area contributed by atoms with Crippen molar-refractivity contribution < 1.29 is 8.42 Å². The van der Waals surface area contributed by atoms with E-state index in [1.165, 1.54) is 19.3 Å². The summed E-state index contributed by atoms with van der Waals surface area (Å²) in [4.78, 5) is 0.284. The quantitative estimate of drug-likeness (QED) is 0.818. The lowest BCUT2D eigenvalue weighted by molar-refractivity contribution is 0.297. The normalized spacial score (nSPS) is 16.1. The zero-order valence-electron chi connectivity index (χ0n) is 11.7. The number of sulfonamides is 1. The highest BCUT2D eigenvalue weighted by Gasteiger charge is 2.21. The molecule has 6 heteroatoms. The number of benzene rings is 1. The van der Waals surface area contributed by atoms with Crippen LogP contribution in [-0.4, -0.2) is 15.0 Å². The molecule has 1 aromatic carbocycles. The van der Waals surface area contributed by atoms with Crippen LogP contribution in [0.3, 0.4) is 0 Å². The standard InChI is InChI=1S/C14H21BrN2O2S/c1-10-7-12(9-16)8-13(14(10)15)20(18,19)17-6-5-11-3-2-4-11/h7-8,11,17H,2-6,9,16H2,1H3. The maximum Gasteiger partial charge on any atom is 0.241 e. The van der Waals surface area contributed by atoms with E-state index in [9.17, 15) is 8.42 Å². The van der Waals surface area contributed by atoms with Crippen LogP contribution < -0.4 is 10.5 Å². The van der Waals surface area contributed by atoms with Crippen LogP contribution in [0, 0.1) is 12.8 Å². The van der Waals surface area contributed by atoms with Crippen LogP contribution >= 0.6 is 15.9 Å². The molecule has 3 N–H and O–H groups in total. The van der Waals surface area contributed by atoms with Crippen molar-refractivity contribution in [1.82, 2.24) is 4.72 Å². The number of nitrogens with two attached hydrogens (primary N) is 1. The van der Waals surface area contributed by atoms with E-state index in [0.29, 0.717) is 23.5 Å². The summed E-state index contributed by atoms with van der Waals surface area (Å²) in [5, 5.41) is 0. The SMILES string of the molecule is Cc1cc(CN)cc(S(=O)(=O)NCCC2CCC2)c1Br. The first-order chi connectivity index (χ1) is 9.44. The topological polar surface area (TPSA) is 72.2 Å². The van der Waals surface area contributed by atoms with E-state index in [4.69, 9.17) is 5.73 Å². The molecule has 1 saturated carbocycles. The monoisotopic (exact) mass is 360 g/mol. The van der Waals surface area contributed by atoms with Crippen molar-refractivity contribution in [2.45, 2.75) is 44.0 Å². The van der Waals surface area contributed by atoms with Gasteiger partial charge in [0.15, 0.2) is 0 Å². The number of hydrogen-bond acceptors (Lipinski definition) is 3. The van der Waals surface area contributed by atoms with Gasteiger partial charge in [0.05, 0.1) is 4.90 Å². The van der Waals surface area contributed by atoms with Crippen molar-refractivity contribution in [2.75, 3.05) is 6.54 Å². The van der Waals surface area contributed by atoms with Gasteiger partial charge in [0, 0.05) is 17.6 Å². The molecule has 112 valence electrons. The van der Waals surface area contributed by atoms with Crippen molar-refractivity contribution in [3.8, 4) is 0 Å². The maximum absolute atomic E-state index is 12.4. The molecule has 20 heavy (non-hydrogen) atoms. The Hall–Kier alpha value is -0.430. The molecule has 0 unspecified atom stereocenters. The molecule has 1 aromatic rings. The number of nitrogens with one attached hydrogen (secondary N) is 1. The fraction of sp³-hybridized carbons (Fsp3) is 0.571. The predicted octanol–water partition coefficient (Wildman–Crippen LogP) is 2.68. The third-order valence-corrected chi connectivity index (χ3v) is 6.68. The second-order valence-electron chi connectivity index (χ2n) is 5.41. The molecule has 1 fully saturated rings. The molecule has 0 bridgehead atoms. The Morgan fingerprint density at radius 1 is 1.40 bits per heavy atom. The van der Waals surface area contributed by atoms with Crippen LogP contribution in [0.2, 0.25) is 0 Å². The molecule has 0 aromatic heterocycles. The lowest BCUT2D eigenvalue weighted by Crippen LogP contribution is -2.28. The summed E-state index contributed by atoms with van der Waals surface area (Å²) in [5.74, 6) is 0.693. The Balaban J connectivity index is 2.13. The van der Waals surface area contributed by atoms with Crippen LogP contribution in [0.4, 0.5) is 0 Å². The molecule has 0 amide bonds. The highest BCUT2D eigenvalue weighted by atomic mass is 79.9. The van der Waals surface area contributed by atoms with Crippen LogP contribution in [0.15, 0.2) is 21.5 Å². The minimum atomic E-state index is -3.48. The molecule has 2 rings (SSSR count). The van der Waals surface area contributed by atoms with E-state index in [1.807, 2.05) is 13.0 Å². The summed E-state index contributed by atoms with van der Waals surface area (Å²) in [5.41, 5.74) is 7.32. The van der Waals surface area contributed by atoms with Crippen LogP contribution in [0.25, 0.3) is 0 Å². The summed E-state index contributed by atoms with van der Waals surface area (Å²) >= 11 is 3.37. The van der Waals surface area contributed by atoms with Crippen LogP contribution in [0.5, 0.6) is 0 Å². The largest absolute Gasteiger partial charge is 0.326 e. The third kappa shape index (κ3) is 3.61. The van der Waals surface area contributed by atoms with Gasteiger partial charge in [0.1, 0.15) is 0 Å². The molecule has 0 aliphatic heterocycles. The van der Waals surface area contributed by atoms with Crippen molar-refractivity contribution in [1.29, 1.82) is 0 Å². The molecule has 0 heterocycles. The average Bonchev–Trinajstić information content (AvgIpc) is 2.35. The van der Waals surface area contributed by atoms with Crippen molar-refractivity contribution in [2.24, 2.45) is 11.7 Å². The van der Waals surface area contributed by atoms with E-state index in [-0.39, 0.29) is 4.90 Å². The molecule has 0 atom stereocenters. The highest BCUT2D eigenvalue weighted by Crippen LogP contribution is 2.30. The van der Waals surface area contributed by atoms with E-state index >= 15 is 0 Å². The minimum Gasteiger partial charge on any atom is -0.326 e.